The summed E-state index contributed by atoms with van der Waals surface area (Å²) in [7, 11) is 3.48. The molecule has 0 atom stereocenters. The summed E-state index contributed by atoms with van der Waals surface area (Å²) in [6, 6.07) is 13.8. The van der Waals surface area contributed by atoms with E-state index in [0.29, 0.717) is 12.1 Å². The highest BCUT2D eigenvalue weighted by atomic mass is 16.5. The highest BCUT2D eigenvalue weighted by molar-refractivity contribution is 5.94. The average Bonchev–Trinajstić information content (AvgIpc) is 2.78. The van der Waals surface area contributed by atoms with Gasteiger partial charge in [-0.3, -0.25) is 14.8 Å². The fraction of sp³-hybridized carbons (Fsp3) is 0.261. The maximum absolute atomic E-state index is 12.7. The molecule has 3 aromatic rings. The highest BCUT2D eigenvalue weighted by Gasteiger charge is 2.12. The first-order valence-electron chi connectivity index (χ1n) is 9.62. The summed E-state index contributed by atoms with van der Waals surface area (Å²) in [5, 5.41) is 3.34. The lowest BCUT2D eigenvalue weighted by Gasteiger charge is -2.17. The first kappa shape index (κ1) is 20.3. The normalized spacial score (nSPS) is 10.4. The number of hydrogen-bond acceptors (Lipinski definition) is 5. The Bertz CT molecular complexity index is 931. The number of methoxy groups -OCH3 is 1. The summed E-state index contributed by atoms with van der Waals surface area (Å²) in [4.78, 5) is 22.7. The molecule has 6 nitrogen and oxygen atoms in total. The average molecular weight is 390 g/mol. The molecule has 1 amide bonds. The molecule has 150 valence electrons. The monoisotopic (exact) mass is 390 g/mol. The zero-order valence-corrected chi connectivity index (χ0v) is 16.8. The van der Waals surface area contributed by atoms with Gasteiger partial charge in [-0.15, -0.1) is 0 Å². The van der Waals surface area contributed by atoms with Crippen LogP contribution in [0.2, 0.25) is 0 Å². The third-order valence-corrected chi connectivity index (χ3v) is 4.69. The van der Waals surface area contributed by atoms with Crippen LogP contribution in [0.25, 0.3) is 0 Å². The first-order valence-corrected chi connectivity index (χ1v) is 9.62. The van der Waals surface area contributed by atoms with Gasteiger partial charge in [-0.25, -0.2) is 0 Å². The molecule has 0 saturated carbocycles. The van der Waals surface area contributed by atoms with Crippen molar-refractivity contribution >= 4 is 11.6 Å². The number of rotatable bonds is 9. The topological polar surface area (TPSA) is 67.3 Å². The number of aromatic nitrogens is 2. The van der Waals surface area contributed by atoms with E-state index in [9.17, 15) is 4.79 Å². The van der Waals surface area contributed by atoms with Crippen LogP contribution >= 0.6 is 0 Å². The van der Waals surface area contributed by atoms with Gasteiger partial charge in [-0.2, -0.15) is 0 Å². The van der Waals surface area contributed by atoms with E-state index in [4.69, 9.17) is 4.74 Å². The standard InChI is InChI=1S/C23H26N4O2/c1-27(13-9-18-6-10-24-11-7-18)23(28)20-15-21(17-25-16-20)26-12-8-19-4-3-5-22(14-19)29-2/h3-7,10-11,14-17,26H,8-9,12-13H2,1-2H3. The Balaban J connectivity index is 1.53. The SMILES string of the molecule is COc1cccc(CCNc2cncc(C(=O)N(C)CCc3ccncc3)c2)c1. The molecule has 6 heteroatoms. The highest BCUT2D eigenvalue weighted by Crippen LogP contribution is 2.14. The number of nitrogens with one attached hydrogen (secondary N) is 1. The molecule has 0 aliphatic carbocycles. The lowest BCUT2D eigenvalue weighted by molar-refractivity contribution is 0.0796. The van der Waals surface area contributed by atoms with Gasteiger partial charge in [-0.05, 0) is 54.3 Å². The molecule has 0 spiro atoms. The number of anilines is 1. The Kier molecular flexibility index (Phi) is 7.16. The minimum absolute atomic E-state index is 0.0389. The molecular formula is C23H26N4O2. The van der Waals surface area contributed by atoms with Gasteiger partial charge in [0.2, 0.25) is 0 Å². The third-order valence-electron chi connectivity index (χ3n) is 4.69. The number of amides is 1. The van der Waals surface area contributed by atoms with Crippen LogP contribution in [0, 0.1) is 0 Å². The quantitative estimate of drug-likeness (QED) is 0.606. The van der Waals surface area contributed by atoms with E-state index in [1.165, 1.54) is 5.56 Å². The predicted octanol–water partition coefficient (Wildman–Crippen LogP) is 3.45. The van der Waals surface area contributed by atoms with Gasteiger partial charge in [0, 0.05) is 44.9 Å². The summed E-state index contributed by atoms with van der Waals surface area (Å²) < 4.78 is 5.26. The number of carbonyl (C=O) groups is 1. The minimum Gasteiger partial charge on any atom is -0.497 e. The van der Waals surface area contributed by atoms with Crippen molar-refractivity contribution in [1.29, 1.82) is 0 Å². The molecule has 0 aliphatic heterocycles. The Labute approximate surface area is 171 Å². The summed E-state index contributed by atoms with van der Waals surface area (Å²) in [5.74, 6) is 0.814. The van der Waals surface area contributed by atoms with Gasteiger partial charge in [0.1, 0.15) is 5.75 Å². The number of carbonyl (C=O) groups excluding carboxylic acids is 1. The lowest BCUT2D eigenvalue weighted by atomic mass is 10.1. The van der Waals surface area contributed by atoms with Crippen molar-refractivity contribution in [2.24, 2.45) is 0 Å². The Morgan fingerprint density at radius 2 is 1.86 bits per heavy atom. The molecule has 2 heterocycles. The van der Waals surface area contributed by atoms with Crippen molar-refractivity contribution < 1.29 is 9.53 Å². The summed E-state index contributed by atoms with van der Waals surface area (Å²) in [5.41, 5.74) is 3.76. The van der Waals surface area contributed by atoms with Crippen molar-refractivity contribution in [2.45, 2.75) is 12.8 Å². The molecule has 0 unspecified atom stereocenters. The maximum Gasteiger partial charge on any atom is 0.255 e. The largest absolute Gasteiger partial charge is 0.497 e. The second-order valence-corrected chi connectivity index (χ2v) is 6.82. The maximum atomic E-state index is 12.7. The van der Waals surface area contributed by atoms with E-state index >= 15 is 0 Å². The van der Waals surface area contributed by atoms with Gasteiger partial charge in [0.05, 0.1) is 18.4 Å². The van der Waals surface area contributed by atoms with E-state index in [0.717, 1.165) is 36.4 Å². The van der Waals surface area contributed by atoms with Crippen LogP contribution in [-0.2, 0) is 12.8 Å². The summed E-state index contributed by atoms with van der Waals surface area (Å²) in [6.45, 7) is 1.38. The number of benzene rings is 1. The fourth-order valence-corrected chi connectivity index (χ4v) is 3.00. The van der Waals surface area contributed by atoms with E-state index in [1.807, 2.05) is 43.4 Å². The molecular weight excluding hydrogens is 364 g/mol. The molecule has 29 heavy (non-hydrogen) atoms. The number of hydrogen-bond donors (Lipinski definition) is 1. The Morgan fingerprint density at radius 3 is 2.66 bits per heavy atom. The second-order valence-electron chi connectivity index (χ2n) is 6.82. The van der Waals surface area contributed by atoms with E-state index in [1.54, 1.807) is 36.8 Å². The van der Waals surface area contributed by atoms with E-state index < -0.39 is 0 Å². The molecule has 0 bridgehead atoms. The third kappa shape index (κ3) is 6.04. The molecule has 2 aromatic heterocycles. The lowest BCUT2D eigenvalue weighted by Crippen LogP contribution is -2.29. The number of ether oxygens (including phenoxy) is 1. The molecule has 0 aliphatic rings. The van der Waals surface area contributed by atoms with Gasteiger partial charge in [0.25, 0.3) is 5.91 Å². The second kappa shape index (κ2) is 10.2. The van der Waals surface area contributed by atoms with Gasteiger partial charge in [0.15, 0.2) is 0 Å². The predicted molar refractivity (Wildman–Crippen MR) is 114 cm³/mol. The van der Waals surface area contributed by atoms with Crippen molar-refractivity contribution in [3.05, 3.63) is 83.9 Å². The molecule has 0 fully saturated rings. The Hall–Kier alpha value is -3.41. The van der Waals surface area contributed by atoms with E-state index in [-0.39, 0.29) is 5.91 Å². The molecule has 1 aromatic carbocycles. The molecule has 0 saturated heterocycles. The van der Waals surface area contributed by atoms with Crippen LogP contribution in [0.5, 0.6) is 5.75 Å². The van der Waals surface area contributed by atoms with Crippen molar-refractivity contribution in [3.63, 3.8) is 0 Å². The van der Waals surface area contributed by atoms with Gasteiger partial charge >= 0.3 is 0 Å². The zero-order valence-electron chi connectivity index (χ0n) is 16.8. The number of nitrogens with zero attached hydrogens (tertiary/aromatic N) is 3. The number of likely N-dealkylation sites (N-methyl/N-ethyl adjacent to an activating group) is 1. The first-order chi connectivity index (χ1) is 14.2. The summed E-state index contributed by atoms with van der Waals surface area (Å²) >= 11 is 0. The van der Waals surface area contributed by atoms with Crippen LogP contribution in [0.3, 0.4) is 0 Å². The van der Waals surface area contributed by atoms with Crippen molar-refractivity contribution in [1.82, 2.24) is 14.9 Å². The number of pyridine rings is 2. The van der Waals surface area contributed by atoms with Crippen LogP contribution in [-0.4, -0.2) is 48.0 Å². The van der Waals surface area contributed by atoms with E-state index in [2.05, 4.69) is 21.4 Å². The van der Waals surface area contributed by atoms with Crippen LogP contribution in [0.15, 0.2) is 67.3 Å². The fourth-order valence-electron chi connectivity index (χ4n) is 3.00. The van der Waals surface area contributed by atoms with Crippen LogP contribution < -0.4 is 10.1 Å². The molecule has 3 rings (SSSR count). The summed E-state index contributed by atoms with van der Waals surface area (Å²) in [6.07, 6.45) is 8.51. The van der Waals surface area contributed by atoms with Crippen LogP contribution in [0.4, 0.5) is 5.69 Å². The van der Waals surface area contributed by atoms with Gasteiger partial charge < -0.3 is 15.0 Å². The zero-order chi connectivity index (χ0) is 20.5. The molecule has 0 radical (unpaired) electrons. The van der Waals surface area contributed by atoms with Crippen molar-refractivity contribution in [2.75, 3.05) is 32.6 Å². The smallest absolute Gasteiger partial charge is 0.255 e. The van der Waals surface area contributed by atoms with Crippen LogP contribution in [0.1, 0.15) is 21.5 Å². The molecule has 1 N–H and O–H groups in total. The van der Waals surface area contributed by atoms with Gasteiger partial charge in [-0.1, -0.05) is 12.1 Å². The van der Waals surface area contributed by atoms with Crippen molar-refractivity contribution in [3.8, 4) is 5.75 Å². The minimum atomic E-state index is -0.0389. The Morgan fingerprint density at radius 1 is 1.03 bits per heavy atom.